The van der Waals surface area contributed by atoms with Crippen LogP contribution < -0.4 is 10.6 Å². The van der Waals surface area contributed by atoms with Crippen LogP contribution in [0.3, 0.4) is 0 Å². The van der Waals surface area contributed by atoms with Gasteiger partial charge >= 0.3 is 0 Å². The molecule has 1 aliphatic heterocycles. The lowest BCUT2D eigenvalue weighted by Crippen LogP contribution is -2.39. The van der Waals surface area contributed by atoms with Crippen LogP contribution in [-0.4, -0.2) is 65.5 Å². The van der Waals surface area contributed by atoms with E-state index in [1.54, 1.807) is 13.2 Å². The SMILES string of the molecule is CNc1cncc(C(=O)NCCN2CCSCC2)n1. The predicted octanol–water partition coefficient (Wildman–Crippen LogP) is 0.297. The van der Waals surface area contributed by atoms with Crippen molar-refractivity contribution in [2.75, 3.05) is 50.0 Å². The maximum Gasteiger partial charge on any atom is 0.271 e. The summed E-state index contributed by atoms with van der Waals surface area (Å²) in [5.41, 5.74) is 0.348. The minimum Gasteiger partial charge on any atom is -0.372 e. The van der Waals surface area contributed by atoms with Gasteiger partial charge in [-0.15, -0.1) is 0 Å². The van der Waals surface area contributed by atoms with Crippen LogP contribution in [0.2, 0.25) is 0 Å². The van der Waals surface area contributed by atoms with Gasteiger partial charge in [-0.25, -0.2) is 4.98 Å². The van der Waals surface area contributed by atoms with Crippen LogP contribution in [0, 0.1) is 0 Å². The van der Waals surface area contributed by atoms with Gasteiger partial charge in [-0.05, 0) is 0 Å². The minimum absolute atomic E-state index is 0.170. The van der Waals surface area contributed by atoms with Crippen LogP contribution in [0.1, 0.15) is 10.5 Å². The molecule has 7 heteroatoms. The molecule has 2 N–H and O–H groups in total. The van der Waals surface area contributed by atoms with Gasteiger partial charge in [-0.1, -0.05) is 0 Å². The van der Waals surface area contributed by atoms with E-state index in [1.165, 1.54) is 17.7 Å². The third-order valence-electron chi connectivity index (χ3n) is 2.94. The Morgan fingerprint density at radius 2 is 2.21 bits per heavy atom. The Bertz CT molecular complexity index is 422. The number of aromatic nitrogens is 2. The van der Waals surface area contributed by atoms with Gasteiger partial charge in [0.05, 0.1) is 12.4 Å². The first-order valence-corrected chi connectivity index (χ1v) is 7.53. The second-order valence-electron chi connectivity index (χ2n) is 4.25. The van der Waals surface area contributed by atoms with Crippen molar-refractivity contribution < 1.29 is 4.79 Å². The standard InChI is InChI=1S/C12H19N5OS/c1-13-11-9-14-8-10(16-11)12(18)15-2-3-17-4-6-19-7-5-17/h8-9H,2-7H2,1H3,(H,13,16)(H,15,18). The highest BCUT2D eigenvalue weighted by atomic mass is 32.2. The van der Waals surface area contributed by atoms with Crippen LogP contribution in [0.4, 0.5) is 5.82 Å². The van der Waals surface area contributed by atoms with E-state index in [4.69, 9.17) is 0 Å². The molecule has 0 aromatic carbocycles. The fourth-order valence-electron chi connectivity index (χ4n) is 1.84. The predicted molar refractivity (Wildman–Crippen MR) is 77.7 cm³/mol. The number of thioether (sulfide) groups is 1. The van der Waals surface area contributed by atoms with Crippen molar-refractivity contribution in [1.29, 1.82) is 0 Å². The first-order chi connectivity index (χ1) is 9.29. The lowest BCUT2D eigenvalue weighted by Gasteiger charge is -2.25. The first kappa shape index (κ1) is 14.1. The number of rotatable bonds is 5. The Morgan fingerprint density at radius 3 is 2.95 bits per heavy atom. The van der Waals surface area contributed by atoms with E-state index >= 15 is 0 Å². The molecule has 0 spiro atoms. The molecule has 2 heterocycles. The molecule has 0 unspecified atom stereocenters. The quantitative estimate of drug-likeness (QED) is 0.809. The molecule has 2 rings (SSSR count). The molecular formula is C12H19N5OS. The highest BCUT2D eigenvalue weighted by Crippen LogP contribution is 2.08. The van der Waals surface area contributed by atoms with Crippen LogP contribution in [0.25, 0.3) is 0 Å². The lowest BCUT2D eigenvalue weighted by molar-refractivity contribution is 0.0943. The van der Waals surface area contributed by atoms with Crippen molar-refractivity contribution in [3.8, 4) is 0 Å². The number of carbonyl (C=O) groups excluding carboxylic acids is 1. The van der Waals surface area contributed by atoms with Gasteiger partial charge < -0.3 is 10.6 Å². The molecule has 1 amide bonds. The van der Waals surface area contributed by atoms with E-state index in [0.717, 1.165) is 19.6 Å². The molecule has 19 heavy (non-hydrogen) atoms. The summed E-state index contributed by atoms with van der Waals surface area (Å²) in [6.07, 6.45) is 3.07. The fourth-order valence-corrected chi connectivity index (χ4v) is 2.82. The minimum atomic E-state index is -0.170. The number of anilines is 1. The summed E-state index contributed by atoms with van der Waals surface area (Å²) >= 11 is 1.99. The van der Waals surface area contributed by atoms with Gasteiger partial charge in [0.15, 0.2) is 0 Å². The molecule has 1 aromatic rings. The van der Waals surface area contributed by atoms with Crippen LogP contribution >= 0.6 is 11.8 Å². The zero-order valence-corrected chi connectivity index (χ0v) is 11.9. The van der Waals surface area contributed by atoms with E-state index in [0.29, 0.717) is 18.1 Å². The number of nitrogens with zero attached hydrogens (tertiary/aromatic N) is 3. The van der Waals surface area contributed by atoms with Crippen LogP contribution in [0.5, 0.6) is 0 Å². The molecule has 0 aliphatic carbocycles. The molecule has 0 saturated carbocycles. The van der Waals surface area contributed by atoms with Crippen molar-refractivity contribution in [3.05, 3.63) is 18.1 Å². The van der Waals surface area contributed by atoms with E-state index in [1.807, 2.05) is 11.8 Å². The van der Waals surface area contributed by atoms with E-state index in [-0.39, 0.29) is 5.91 Å². The molecule has 104 valence electrons. The summed E-state index contributed by atoms with van der Waals surface area (Å²) in [5, 5.41) is 5.75. The van der Waals surface area contributed by atoms with Crippen LogP contribution in [0.15, 0.2) is 12.4 Å². The second kappa shape index (κ2) is 7.30. The molecule has 1 aliphatic rings. The Hall–Kier alpha value is -1.34. The molecule has 0 atom stereocenters. The summed E-state index contributed by atoms with van der Waals surface area (Å²) in [5.74, 6) is 2.80. The van der Waals surface area contributed by atoms with Crippen molar-refractivity contribution in [2.24, 2.45) is 0 Å². The molecule has 1 saturated heterocycles. The summed E-state index contributed by atoms with van der Waals surface area (Å²) < 4.78 is 0. The lowest BCUT2D eigenvalue weighted by atomic mass is 10.4. The Labute approximate surface area is 117 Å². The normalized spacial score (nSPS) is 16.1. The summed E-state index contributed by atoms with van der Waals surface area (Å²) in [6.45, 7) is 3.76. The van der Waals surface area contributed by atoms with Gasteiger partial charge in [0, 0.05) is 44.7 Å². The summed E-state index contributed by atoms with van der Waals surface area (Å²) in [4.78, 5) is 22.4. The van der Waals surface area contributed by atoms with Crippen molar-refractivity contribution in [1.82, 2.24) is 20.2 Å². The van der Waals surface area contributed by atoms with Crippen molar-refractivity contribution in [3.63, 3.8) is 0 Å². The molecule has 0 bridgehead atoms. The second-order valence-corrected chi connectivity index (χ2v) is 5.47. The van der Waals surface area contributed by atoms with Gasteiger partial charge in [0.25, 0.3) is 5.91 Å². The van der Waals surface area contributed by atoms with Gasteiger partial charge in [0.2, 0.25) is 0 Å². The third-order valence-corrected chi connectivity index (χ3v) is 3.88. The number of amides is 1. The molecule has 1 aromatic heterocycles. The van der Waals surface area contributed by atoms with Crippen molar-refractivity contribution >= 4 is 23.5 Å². The third kappa shape index (κ3) is 4.36. The van der Waals surface area contributed by atoms with E-state index in [9.17, 15) is 4.79 Å². The Morgan fingerprint density at radius 1 is 1.42 bits per heavy atom. The van der Waals surface area contributed by atoms with Crippen molar-refractivity contribution in [2.45, 2.75) is 0 Å². The monoisotopic (exact) mass is 281 g/mol. The fraction of sp³-hybridized carbons (Fsp3) is 0.583. The number of hydrogen-bond acceptors (Lipinski definition) is 6. The Balaban J connectivity index is 1.77. The maximum atomic E-state index is 11.9. The van der Waals surface area contributed by atoms with Gasteiger partial charge in [0.1, 0.15) is 11.5 Å². The number of carbonyl (C=O) groups is 1. The van der Waals surface area contributed by atoms with Gasteiger partial charge in [-0.2, -0.15) is 11.8 Å². The molecule has 0 radical (unpaired) electrons. The molecular weight excluding hydrogens is 262 g/mol. The summed E-state index contributed by atoms with van der Waals surface area (Å²) in [7, 11) is 1.75. The number of hydrogen-bond donors (Lipinski definition) is 2. The highest BCUT2D eigenvalue weighted by Gasteiger charge is 2.11. The van der Waals surface area contributed by atoms with E-state index < -0.39 is 0 Å². The topological polar surface area (TPSA) is 70.2 Å². The zero-order chi connectivity index (χ0) is 13.5. The number of nitrogens with one attached hydrogen (secondary N) is 2. The molecule has 1 fully saturated rings. The first-order valence-electron chi connectivity index (χ1n) is 6.37. The van der Waals surface area contributed by atoms with E-state index in [2.05, 4.69) is 25.5 Å². The molecule has 6 nitrogen and oxygen atoms in total. The average Bonchev–Trinajstić information content (AvgIpc) is 2.48. The van der Waals surface area contributed by atoms with Gasteiger partial charge in [-0.3, -0.25) is 14.7 Å². The summed E-state index contributed by atoms with van der Waals surface area (Å²) in [6, 6.07) is 0. The van der Waals surface area contributed by atoms with Crippen LogP contribution in [-0.2, 0) is 0 Å². The zero-order valence-electron chi connectivity index (χ0n) is 11.1. The smallest absolute Gasteiger partial charge is 0.271 e. The largest absolute Gasteiger partial charge is 0.372 e. The highest BCUT2D eigenvalue weighted by molar-refractivity contribution is 7.99. The average molecular weight is 281 g/mol. The Kier molecular flexibility index (Phi) is 5.41. The maximum absolute atomic E-state index is 11.9.